The minimum Gasteiger partial charge on any atom is -0.476 e. The monoisotopic (exact) mass is 269 g/mol. The highest BCUT2D eigenvalue weighted by Crippen LogP contribution is 2.29. The van der Waals surface area contributed by atoms with Crippen LogP contribution in [0.5, 0.6) is 0 Å². The van der Waals surface area contributed by atoms with Gasteiger partial charge in [-0.2, -0.15) is 5.10 Å². The van der Waals surface area contributed by atoms with Gasteiger partial charge in [0.1, 0.15) is 0 Å². The number of aryl methyl sites for hydroxylation is 1. The second-order valence-corrected chi connectivity index (χ2v) is 4.69. The fraction of sp³-hybridized carbons (Fsp3) is 0.200. The number of carbonyl (C=O) groups is 1. The lowest BCUT2D eigenvalue weighted by Crippen LogP contribution is -2.03. The van der Waals surface area contributed by atoms with Crippen LogP contribution in [-0.4, -0.2) is 25.8 Å². The molecule has 5 nitrogen and oxygen atoms in total. The second-order valence-electron chi connectivity index (χ2n) is 4.69. The van der Waals surface area contributed by atoms with E-state index < -0.39 is 5.97 Å². The van der Waals surface area contributed by atoms with Crippen molar-refractivity contribution < 1.29 is 9.90 Å². The van der Waals surface area contributed by atoms with Gasteiger partial charge in [0.05, 0.1) is 5.69 Å². The molecule has 0 spiro atoms. The third kappa shape index (κ3) is 1.97. The van der Waals surface area contributed by atoms with Crippen molar-refractivity contribution >= 4 is 16.9 Å². The summed E-state index contributed by atoms with van der Waals surface area (Å²) in [7, 11) is 0. The van der Waals surface area contributed by atoms with Crippen molar-refractivity contribution in [3.05, 3.63) is 42.2 Å². The van der Waals surface area contributed by atoms with E-state index in [-0.39, 0.29) is 5.69 Å². The van der Waals surface area contributed by atoms with Crippen LogP contribution in [0.1, 0.15) is 23.8 Å². The van der Waals surface area contributed by atoms with E-state index in [1.807, 2.05) is 37.4 Å². The Morgan fingerprint density at radius 1 is 1.40 bits per heavy atom. The molecule has 3 rings (SSSR count). The number of nitrogens with zero attached hydrogens (tertiary/aromatic N) is 2. The third-order valence-electron chi connectivity index (χ3n) is 3.30. The summed E-state index contributed by atoms with van der Waals surface area (Å²) in [6.45, 7) is 2.74. The fourth-order valence-corrected chi connectivity index (χ4v) is 2.40. The lowest BCUT2D eigenvalue weighted by atomic mass is 10.1. The van der Waals surface area contributed by atoms with Crippen molar-refractivity contribution in [2.75, 3.05) is 0 Å². The van der Waals surface area contributed by atoms with Gasteiger partial charge in [0.25, 0.3) is 0 Å². The number of aromatic amines is 1. The minimum absolute atomic E-state index is 0.0822. The van der Waals surface area contributed by atoms with E-state index in [2.05, 4.69) is 10.1 Å². The minimum atomic E-state index is -0.999. The molecule has 0 aliphatic heterocycles. The summed E-state index contributed by atoms with van der Waals surface area (Å²) in [5.74, 6) is -0.999. The molecule has 20 heavy (non-hydrogen) atoms. The molecule has 2 aromatic heterocycles. The summed E-state index contributed by atoms with van der Waals surface area (Å²) in [5.41, 5.74) is 2.93. The molecule has 0 fully saturated rings. The zero-order chi connectivity index (χ0) is 14.1. The summed E-state index contributed by atoms with van der Waals surface area (Å²) in [6.07, 6.45) is 2.80. The molecule has 0 saturated heterocycles. The molecule has 2 heterocycles. The molecule has 0 unspecified atom stereocenters. The Hall–Kier alpha value is -2.56. The lowest BCUT2D eigenvalue weighted by molar-refractivity contribution is 0.0689. The van der Waals surface area contributed by atoms with Crippen LogP contribution in [0.2, 0.25) is 0 Å². The van der Waals surface area contributed by atoms with Crippen LogP contribution < -0.4 is 0 Å². The highest BCUT2D eigenvalue weighted by Gasteiger charge is 2.16. The number of hydrogen-bond acceptors (Lipinski definition) is 2. The van der Waals surface area contributed by atoms with Crippen LogP contribution in [0.15, 0.2) is 36.5 Å². The van der Waals surface area contributed by atoms with Crippen molar-refractivity contribution in [2.24, 2.45) is 0 Å². The van der Waals surface area contributed by atoms with Crippen LogP contribution >= 0.6 is 0 Å². The average molecular weight is 269 g/mol. The average Bonchev–Trinajstić information content (AvgIpc) is 3.02. The maximum Gasteiger partial charge on any atom is 0.356 e. The van der Waals surface area contributed by atoms with Crippen molar-refractivity contribution in [3.63, 3.8) is 0 Å². The number of aromatic nitrogens is 3. The molecule has 0 radical (unpaired) electrons. The maximum absolute atomic E-state index is 11.1. The Labute approximate surface area is 115 Å². The lowest BCUT2D eigenvalue weighted by Gasteiger charge is -2.04. The molecule has 0 saturated carbocycles. The SMILES string of the molecule is CCCn1nc(C(=O)O)cc1-c1c[nH]c2ccccc12. The van der Waals surface area contributed by atoms with Crippen molar-refractivity contribution in [3.8, 4) is 11.3 Å². The highest BCUT2D eigenvalue weighted by atomic mass is 16.4. The third-order valence-corrected chi connectivity index (χ3v) is 3.30. The number of nitrogens with one attached hydrogen (secondary N) is 1. The van der Waals surface area contributed by atoms with Gasteiger partial charge in [0.15, 0.2) is 5.69 Å². The highest BCUT2D eigenvalue weighted by molar-refractivity contribution is 5.96. The normalized spacial score (nSPS) is 11.1. The summed E-state index contributed by atoms with van der Waals surface area (Å²) >= 11 is 0. The van der Waals surface area contributed by atoms with E-state index >= 15 is 0 Å². The predicted octanol–water partition coefficient (Wildman–Crippen LogP) is 3.14. The van der Waals surface area contributed by atoms with E-state index in [0.29, 0.717) is 6.54 Å². The zero-order valence-electron chi connectivity index (χ0n) is 11.1. The first-order valence-electron chi connectivity index (χ1n) is 6.58. The van der Waals surface area contributed by atoms with E-state index in [4.69, 9.17) is 5.11 Å². The number of carboxylic acids is 1. The molecule has 0 amide bonds. The van der Waals surface area contributed by atoms with Crippen molar-refractivity contribution in [1.82, 2.24) is 14.8 Å². The topological polar surface area (TPSA) is 70.9 Å². The summed E-state index contributed by atoms with van der Waals surface area (Å²) in [6, 6.07) is 9.59. The van der Waals surface area contributed by atoms with Gasteiger partial charge in [-0.25, -0.2) is 4.79 Å². The van der Waals surface area contributed by atoms with Gasteiger partial charge in [-0.15, -0.1) is 0 Å². The fourth-order valence-electron chi connectivity index (χ4n) is 2.40. The number of benzene rings is 1. The molecule has 102 valence electrons. The molecule has 2 N–H and O–H groups in total. The Morgan fingerprint density at radius 2 is 2.20 bits per heavy atom. The smallest absolute Gasteiger partial charge is 0.356 e. The molecule has 0 aliphatic carbocycles. The van der Waals surface area contributed by atoms with Gasteiger partial charge < -0.3 is 10.1 Å². The number of fused-ring (bicyclic) bond motifs is 1. The van der Waals surface area contributed by atoms with Gasteiger partial charge in [0, 0.05) is 29.2 Å². The zero-order valence-corrected chi connectivity index (χ0v) is 11.1. The molecule has 0 bridgehead atoms. The largest absolute Gasteiger partial charge is 0.476 e. The predicted molar refractivity (Wildman–Crippen MR) is 76.8 cm³/mol. The molecule has 3 aromatic rings. The van der Waals surface area contributed by atoms with Gasteiger partial charge in [0.2, 0.25) is 0 Å². The molecular weight excluding hydrogens is 254 g/mol. The Kier molecular flexibility index (Phi) is 3.02. The van der Waals surface area contributed by atoms with Gasteiger partial charge >= 0.3 is 5.97 Å². The Morgan fingerprint density at radius 3 is 2.95 bits per heavy atom. The maximum atomic E-state index is 11.1. The number of carboxylic acid groups (broad SMARTS) is 1. The number of hydrogen-bond donors (Lipinski definition) is 2. The van der Waals surface area contributed by atoms with Crippen LogP contribution in [-0.2, 0) is 6.54 Å². The molecule has 1 aromatic carbocycles. The van der Waals surface area contributed by atoms with Gasteiger partial charge in [-0.3, -0.25) is 4.68 Å². The van der Waals surface area contributed by atoms with E-state index in [1.165, 1.54) is 0 Å². The van der Waals surface area contributed by atoms with Crippen molar-refractivity contribution in [2.45, 2.75) is 19.9 Å². The second kappa shape index (κ2) is 4.85. The number of aromatic carboxylic acids is 1. The quantitative estimate of drug-likeness (QED) is 0.764. The first-order chi connectivity index (χ1) is 9.70. The first-order valence-corrected chi connectivity index (χ1v) is 6.58. The van der Waals surface area contributed by atoms with E-state index in [0.717, 1.165) is 28.6 Å². The summed E-state index contributed by atoms with van der Waals surface area (Å²) in [5, 5.41) is 14.4. The van der Waals surface area contributed by atoms with Crippen LogP contribution in [0.25, 0.3) is 22.2 Å². The Balaban J connectivity index is 2.19. The van der Waals surface area contributed by atoms with Crippen LogP contribution in [0.3, 0.4) is 0 Å². The van der Waals surface area contributed by atoms with E-state index in [9.17, 15) is 4.79 Å². The molecule has 0 atom stereocenters. The van der Waals surface area contributed by atoms with Gasteiger partial charge in [-0.1, -0.05) is 25.1 Å². The van der Waals surface area contributed by atoms with Gasteiger partial charge in [-0.05, 0) is 18.6 Å². The van der Waals surface area contributed by atoms with Crippen LogP contribution in [0, 0.1) is 0 Å². The number of rotatable bonds is 4. The summed E-state index contributed by atoms with van der Waals surface area (Å²) < 4.78 is 1.76. The molecular formula is C15H15N3O2. The van der Waals surface area contributed by atoms with E-state index in [1.54, 1.807) is 10.7 Å². The van der Waals surface area contributed by atoms with Crippen molar-refractivity contribution in [1.29, 1.82) is 0 Å². The molecule has 0 aliphatic rings. The number of H-pyrrole nitrogens is 1. The first kappa shape index (κ1) is 12.5. The van der Waals surface area contributed by atoms with Crippen LogP contribution in [0.4, 0.5) is 0 Å². The number of para-hydroxylation sites is 1. The Bertz CT molecular complexity index is 770. The summed E-state index contributed by atoms with van der Waals surface area (Å²) in [4.78, 5) is 14.3. The molecule has 5 heteroatoms. The standard InChI is InChI=1S/C15H15N3O2/c1-2-7-18-14(8-13(17-18)15(19)20)11-9-16-12-6-4-3-5-10(11)12/h3-6,8-9,16H,2,7H2,1H3,(H,19,20).